The summed E-state index contributed by atoms with van der Waals surface area (Å²) in [6.07, 6.45) is 1.78. The number of nitrogens with zero attached hydrogens (tertiary/aromatic N) is 4. The maximum atomic E-state index is 13.4. The highest BCUT2D eigenvalue weighted by Gasteiger charge is 2.25. The second-order valence-corrected chi connectivity index (χ2v) is 7.15. The van der Waals surface area contributed by atoms with Gasteiger partial charge >= 0.3 is 0 Å². The van der Waals surface area contributed by atoms with Gasteiger partial charge in [-0.3, -0.25) is 4.79 Å². The Balaban J connectivity index is 1.76. The standard InChI is InChI=1S/C22H20FN5O/c23-17-7-9-19(10-8-17)28-21(16-5-3-15(13-24)4-6-16)12-20(26-28)22(29)27-11-1-2-18(25)14-27/h3-10,12,18H,1-2,11,14,25H2/t18-/m1/s1. The van der Waals surface area contributed by atoms with E-state index >= 15 is 0 Å². The third kappa shape index (κ3) is 3.89. The molecule has 1 aromatic heterocycles. The van der Waals surface area contributed by atoms with E-state index in [1.165, 1.54) is 12.1 Å². The molecular formula is C22H20FN5O. The van der Waals surface area contributed by atoms with Crippen LogP contribution in [0.4, 0.5) is 4.39 Å². The summed E-state index contributed by atoms with van der Waals surface area (Å²) < 4.78 is 15.0. The normalized spacial score (nSPS) is 16.4. The second-order valence-electron chi connectivity index (χ2n) is 7.15. The average molecular weight is 389 g/mol. The van der Waals surface area contributed by atoms with Crippen LogP contribution in [0.3, 0.4) is 0 Å². The smallest absolute Gasteiger partial charge is 0.274 e. The Bertz CT molecular complexity index is 1070. The van der Waals surface area contributed by atoms with Crippen molar-refractivity contribution in [2.24, 2.45) is 5.73 Å². The molecule has 1 amide bonds. The Labute approximate surface area is 168 Å². The number of hydrogen-bond donors (Lipinski definition) is 1. The van der Waals surface area contributed by atoms with Crippen molar-refractivity contribution in [3.63, 3.8) is 0 Å². The molecule has 2 heterocycles. The molecule has 0 radical (unpaired) electrons. The molecule has 0 bridgehead atoms. The summed E-state index contributed by atoms with van der Waals surface area (Å²) in [5.41, 5.74) is 8.99. The van der Waals surface area contributed by atoms with Crippen LogP contribution in [0.2, 0.25) is 0 Å². The Kier molecular flexibility index (Phi) is 5.10. The van der Waals surface area contributed by atoms with E-state index in [1.54, 1.807) is 52.0 Å². The molecule has 7 heteroatoms. The fourth-order valence-electron chi connectivity index (χ4n) is 3.54. The van der Waals surface area contributed by atoms with Gasteiger partial charge in [-0.15, -0.1) is 0 Å². The average Bonchev–Trinajstić information content (AvgIpc) is 3.19. The summed E-state index contributed by atoms with van der Waals surface area (Å²) in [4.78, 5) is 14.7. The number of benzene rings is 2. The zero-order valence-corrected chi connectivity index (χ0v) is 15.8. The Morgan fingerprint density at radius 2 is 1.90 bits per heavy atom. The molecule has 0 spiro atoms. The van der Waals surface area contributed by atoms with E-state index in [2.05, 4.69) is 11.2 Å². The third-order valence-electron chi connectivity index (χ3n) is 5.05. The molecule has 1 aliphatic heterocycles. The zero-order valence-electron chi connectivity index (χ0n) is 15.8. The predicted molar refractivity (Wildman–Crippen MR) is 107 cm³/mol. The van der Waals surface area contributed by atoms with Crippen molar-refractivity contribution in [2.45, 2.75) is 18.9 Å². The van der Waals surface area contributed by atoms with Crippen LogP contribution in [0.25, 0.3) is 16.9 Å². The Morgan fingerprint density at radius 1 is 1.17 bits per heavy atom. The van der Waals surface area contributed by atoms with Gasteiger partial charge in [-0.05, 0) is 55.3 Å². The lowest BCUT2D eigenvalue weighted by Gasteiger charge is -2.30. The van der Waals surface area contributed by atoms with Crippen molar-refractivity contribution in [1.82, 2.24) is 14.7 Å². The lowest BCUT2D eigenvalue weighted by atomic mass is 10.1. The summed E-state index contributed by atoms with van der Waals surface area (Å²) in [7, 11) is 0. The minimum absolute atomic E-state index is 0.0233. The second kappa shape index (κ2) is 7.86. The summed E-state index contributed by atoms with van der Waals surface area (Å²) in [6.45, 7) is 1.16. The molecule has 29 heavy (non-hydrogen) atoms. The number of rotatable bonds is 3. The van der Waals surface area contributed by atoms with Gasteiger partial charge in [-0.1, -0.05) is 12.1 Å². The minimum Gasteiger partial charge on any atom is -0.336 e. The largest absolute Gasteiger partial charge is 0.336 e. The Hall–Kier alpha value is -3.50. The summed E-state index contributed by atoms with van der Waals surface area (Å²) in [6, 6.07) is 16.8. The number of likely N-dealkylation sites (tertiary alicyclic amines) is 1. The van der Waals surface area contributed by atoms with Crippen LogP contribution in [0.5, 0.6) is 0 Å². The van der Waals surface area contributed by atoms with Gasteiger partial charge in [-0.25, -0.2) is 9.07 Å². The van der Waals surface area contributed by atoms with Crippen LogP contribution >= 0.6 is 0 Å². The molecule has 1 fully saturated rings. The lowest BCUT2D eigenvalue weighted by Crippen LogP contribution is -2.45. The molecule has 4 rings (SSSR count). The number of halogens is 1. The lowest BCUT2D eigenvalue weighted by molar-refractivity contribution is 0.0702. The fraction of sp³-hybridized carbons (Fsp3) is 0.227. The maximum Gasteiger partial charge on any atom is 0.274 e. The first-order valence-electron chi connectivity index (χ1n) is 9.46. The topological polar surface area (TPSA) is 87.9 Å². The van der Waals surface area contributed by atoms with Gasteiger partial charge in [0.25, 0.3) is 5.91 Å². The van der Waals surface area contributed by atoms with Gasteiger partial charge in [-0.2, -0.15) is 10.4 Å². The molecule has 6 nitrogen and oxygen atoms in total. The summed E-state index contributed by atoms with van der Waals surface area (Å²) >= 11 is 0. The van der Waals surface area contributed by atoms with Crippen LogP contribution in [0.1, 0.15) is 28.9 Å². The fourth-order valence-corrected chi connectivity index (χ4v) is 3.54. The van der Waals surface area contributed by atoms with E-state index in [1.807, 2.05) is 0 Å². The first kappa shape index (κ1) is 18.8. The van der Waals surface area contributed by atoms with Crippen LogP contribution in [-0.4, -0.2) is 39.7 Å². The maximum absolute atomic E-state index is 13.4. The van der Waals surface area contributed by atoms with E-state index in [-0.39, 0.29) is 17.8 Å². The van der Waals surface area contributed by atoms with Crippen LogP contribution in [0, 0.1) is 17.1 Å². The molecule has 1 aliphatic rings. The van der Waals surface area contributed by atoms with Gasteiger partial charge in [0.05, 0.1) is 23.0 Å². The van der Waals surface area contributed by atoms with Crippen LogP contribution in [0.15, 0.2) is 54.6 Å². The summed E-state index contributed by atoms with van der Waals surface area (Å²) in [5.74, 6) is -0.518. The van der Waals surface area contributed by atoms with Crippen molar-refractivity contribution in [3.05, 3.63) is 71.7 Å². The third-order valence-corrected chi connectivity index (χ3v) is 5.05. The van der Waals surface area contributed by atoms with Gasteiger partial charge < -0.3 is 10.6 Å². The van der Waals surface area contributed by atoms with Crippen molar-refractivity contribution in [1.29, 1.82) is 5.26 Å². The number of piperidine rings is 1. The van der Waals surface area contributed by atoms with E-state index in [0.29, 0.717) is 35.7 Å². The van der Waals surface area contributed by atoms with Crippen molar-refractivity contribution in [3.8, 4) is 23.0 Å². The number of carbonyl (C=O) groups is 1. The number of aromatic nitrogens is 2. The molecule has 0 aliphatic carbocycles. The van der Waals surface area contributed by atoms with E-state index in [0.717, 1.165) is 18.4 Å². The molecule has 0 unspecified atom stereocenters. The van der Waals surface area contributed by atoms with E-state index in [4.69, 9.17) is 11.0 Å². The predicted octanol–water partition coefficient (Wildman–Crippen LogP) is 3.11. The Morgan fingerprint density at radius 3 is 2.55 bits per heavy atom. The minimum atomic E-state index is -0.348. The first-order chi connectivity index (χ1) is 14.0. The van der Waals surface area contributed by atoms with Crippen molar-refractivity contribution < 1.29 is 9.18 Å². The quantitative estimate of drug-likeness (QED) is 0.746. The monoisotopic (exact) mass is 389 g/mol. The molecule has 1 saturated heterocycles. The molecular weight excluding hydrogens is 369 g/mol. The van der Waals surface area contributed by atoms with Gasteiger partial charge in [0.2, 0.25) is 0 Å². The molecule has 146 valence electrons. The molecule has 1 atom stereocenters. The van der Waals surface area contributed by atoms with Gasteiger partial charge in [0.15, 0.2) is 5.69 Å². The van der Waals surface area contributed by atoms with Crippen LogP contribution in [-0.2, 0) is 0 Å². The highest BCUT2D eigenvalue weighted by molar-refractivity contribution is 5.93. The number of nitriles is 1. The first-order valence-corrected chi connectivity index (χ1v) is 9.46. The molecule has 0 saturated carbocycles. The molecule has 2 aromatic carbocycles. The van der Waals surface area contributed by atoms with E-state index < -0.39 is 0 Å². The molecule has 3 aromatic rings. The van der Waals surface area contributed by atoms with E-state index in [9.17, 15) is 9.18 Å². The van der Waals surface area contributed by atoms with Crippen molar-refractivity contribution in [2.75, 3.05) is 13.1 Å². The number of carbonyl (C=O) groups excluding carboxylic acids is 1. The SMILES string of the molecule is N#Cc1ccc(-c2cc(C(=O)N3CCC[C@@H](N)C3)nn2-c2ccc(F)cc2)cc1. The molecule has 2 N–H and O–H groups in total. The zero-order chi connectivity index (χ0) is 20.4. The number of hydrogen-bond acceptors (Lipinski definition) is 4. The van der Waals surface area contributed by atoms with Gasteiger partial charge in [0.1, 0.15) is 5.82 Å². The number of amides is 1. The highest BCUT2D eigenvalue weighted by Crippen LogP contribution is 2.26. The highest BCUT2D eigenvalue weighted by atomic mass is 19.1. The number of nitrogens with two attached hydrogens (primary N) is 1. The van der Waals surface area contributed by atoms with Crippen molar-refractivity contribution >= 4 is 5.91 Å². The van der Waals surface area contributed by atoms with Gasteiger partial charge in [0, 0.05) is 24.7 Å². The van der Waals surface area contributed by atoms with Crippen LogP contribution < -0.4 is 5.73 Å². The summed E-state index contributed by atoms with van der Waals surface area (Å²) in [5, 5.41) is 13.6.